The average molecular weight is 243 g/mol. The van der Waals surface area contributed by atoms with E-state index in [1.807, 2.05) is 25.1 Å². The predicted molar refractivity (Wildman–Crippen MR) is 68.2 cm³/mol. The minimum Gasteiger partial charge on any atom is -0.365 e. The van der Waals surface area contributed by atoms with Crippen LogP contribution in [0.15, 0.2) is 35.3 Å². The number of rotatable bonds is 2. The molecule has 5 heteroatoms. The number of hydrogen-bond donors (Lipinski definition) is 1. The molecule has 1 heterocycles. The molecule has 0 spiro atoms. The molecular weight excluding hydrogens is 230 g/mol. The molecule has 0 aliphatic heterocycles. The third kappa shape index (κ3) is 2.15. The molecule has 0 bridgehead atoms. The van der Waals surface area contributed by atoms with E-state index in [1.165, 1.54) is 17.8 Å². The molecular formula is C13H13N3O2. The molecule has 5 nitrogen and oxygen atoms in total. The first-order valence-corrected chi connectivity index (χ1v) is 5.43. The van der Waals surface area contributed by atoms with Gasteiger partial charge in [0.1, 0.15) is 0 Å². The molecule has 0 aliphatic carbocycles. The minimum absolute atomic E-state index is 0.239. The highest BCUT2D eigenvalue weighted by molar-refractivity contribution is 5.98. The molecule has 2 N–H and O–H groups in total. The highest BCUT2D eigenvalue weighted by Gasteiger charge is 2.13. The average Bonchev–Trinajstić information content (AvgIpc) is 2.31. The van der Waals surface area contributed by atoms with E-state index in [2.05, 4.69) is 4.98 Å². The van der Waals surface area contributed by atoms with Crippen molar-refractivity contribution in [1.29, 1.82) is 0 Å². The van der Waals surface area contributed by atoms with Crippen LogP contribution >= 0.6 is 0 Å². The number of amides is 1. The summed E-state index contributed by atoms with van der Waals surface area (Å²) in [6, 6.07) is 7.42. The summed E-state index contributed by atoms with van der Waals surface area (Å²) in [5.74, 6) is -0.602. The molecule has 0 radical (unpaired) electrons. The summed E-state index contributed by atoms with van der Waals surface area (Å²) in [4.78, 5) is 26.9. The van der Waals surface area contributed by atoms with Crippen molar-refractivity contribution in [3.05, 3.63) is 52.1 Å². The molecule has 92 valence electrons. The van der Waals surface area contributed by atoms with Crippen LogP contribution < -0.4 is 11.4 Å². The number of carbonyl (C=O) groups is 1. The topological polar surface area (TPSA) is 78.0 Å². The molecule has 1 aromatic carbocycles. The number of nitrogens with two attached hydrogens (primary N) is 1. The fourth-order valence-corrected chi connectivity index (χ4v) is 1.74. The van der Waals surface area contributed by atoms with Gasteiger partial charge in [0.05, 0.1) is 11.3 Å². The molecule has 0 aliphatic rings. The van der Waals surface area contributed by atoms with Crippen LogP contribution in [0.25, 0.3) is 11.3 Å². The lowest BCUT2D eigenvalue weighted by Crippen LogP contribution is -2.25. The van der Waals surface area contributed by atoms with E-state index in [9.17, 15) is 9.59 Å². The molecule has 0 atom stereocenters. The maximum absolute atomic E-state index is 11.6. The van der Waals surface area contributed by atoms with Gasteiger partial charge in [-0.1, -0.05) is 23.8 Å². The van der Waals surface area contributed by atoms with E-state index in [0.29, 0.717) is 11.3 Å². The Morgan fingerprint density at radius 3 is 2.72 bits per heavy atom. The maximum atomic E-state index is 11.6. The molecule has 2 rings (SSSR count). The first kappa shape index (κ1) is 12.0. The summed E-state index contributed by atoms with van der Waals surface area (Å²) in [5, 5.41) is 0. The fourth-order valence-electron chi connectivity index (χ4n) is 1.74. The second kappa shape index (κ2) is 4.44. The monoisotopic (exact) mass is 243 g/mol. The Hall–Kier alpha value is -2.43. The van der Waals surface area contributed by atoms with Crippen LogP contribution in [0.1, 0.15) is 15.9 Å². The summed E-state index contributed by atoms with van der Waals surface area (Å²) >= 11 is 0. The first-order valence-electron chi connectivity index (χ1n) is 5.43. The van der Waals surface area contributed by atoms with Crippen LogP contribution in [-0.2, 0) is 7.05 Å². The molecule has 18 heavy (non-hydrogen) atoms. The van der Waals surface area contributed by atoms with E-state index in [1.54, 1.807) is 6.07 Å². The van der Waals surface area contributed by atoms with Gasteiger partial charge in [0.15, 0.2) is 0 Å². The van der Waals surface area contributed by atoms with Crippen molar-refractivity contribution >= 4 is 5.91 Å². The van der Waals surface area contributed by atoms with Gasteiger partial charge in [-0.2, -0.15) is 4.98 Å². The van der Waals surface area contributed by atoms with Gasteiger partial charge >= 0.3 is 5.69 Å². The van der Waals surface area contributed by atoms with Crippen molar-refractivity contribution in [2.75, 3.05) is 0 Å². The van der Waals surface area contributed by atoms with Crippen molar-refractivity contribution in [2.45, 2.75) is 6.92 Å². The van der Waals surface area contributed by atoms with Gasteiger partial charge in [0, 0.05) is 18.8 Å². The van der Waals surface area contributed by atoms with E-state index in [4.69, 9.17) is 5.73 Å². The fraction of sp³-hybridized carbons (Fsp3) is 0.154. The van der Waals surface area contributed by atoms with E-state index in [0.717, 1.165) is 5.56 Å². The highest BCUT2D eigenvalue weighted by atomic mass is 16.1. The normalized spacial score (nSPS) is 10.3. The number of primary amides is 1. The summed E-state index contributed by atoms with van der Waals surface area (Å²) in [5.41, 5.74) is 7.19. The molecule has 1 aromatic heterocycles. The highest BCUT2D eigenvalue weighted by Crippen LogP contribution is 2.20. The van der Waals surface area contributed by atoms with Crippen LogP contribution in [0.2, 0.25) is 0 Å². The zero-order valence-electron chi connectivity index (χ0n) is 10.2. The van der Waals surface area contributed by atoms with Gasteiger partial charge in [-0.05, 0) is 13.0 Å². The Kier molecular flexibility index (Phi) is 2.97. The summed E-state index contributed by atoms with van der Waals surface area (Å²) in [6.07, 6.45) is 1.41. The number of aromatic nitrogens is 2. The van der Waals surface area contributed by atoms with Crippen molar-refractivity contribution in [3.8, 4) is 11.3 Å². The lowest BCUT2D eigenvalue weighted by atomic mass is 10.0. The van der Waals surface area contributed by atoms with Crippen molar-refractivity contribution in [2.24, 2.45) is 12.8 Å². The zero-order chi connectivity index (χ0) is 13.3. The van der Waals surface area contributed by atoms with Crippen LogP contribution in [0.4, 0.5) is 0 Å². The number of carbonyl (C=O) groups excluding carboxylic acids is 1. The minimum atomic E-state index is -0.602. The maximum Gasteiger partial charge on any atom is 0.347 e. The predicted octanol–water partition coefficient (Wildman–Crippen LogP) is 0.855. The molecule has 1 amide bonds. The lowest BCUT2D eigenvalue weighted by Gasteiger charge is -2.08. The van der Waals surface area contributed by atoms with Gasteiger partial charge < -0.3 is 10.3 Å². The van der Waals surface area contributed by atoms with Crippen LogP contribution in [-0.4, -0.2) is 15.5 Å². The molecule has 0 saturated carbocycles. The van der Waals surface area contributed by atoms with Crippen LogP contribution in [0, 0.1) is 6.92 Å². The number of hydrogen-bond acceptors (Lipinski definition) is 3. The quantitative estimate of drug-likeness (QED) is 0.849. The second-order valence-electron chi connectivity index (χ2n) is 4.13. The number of aryl methyl sites for hydroxylation is 2. The van der Waals surface area contributed by atoms with E-state index in [-0.39, 0.29) is 5.56 Å². The first-order chi connectivity index (χ1) is 8.49. The Morgan fingerprint density at radius 2 is 2.11 bits per heavy atom. The Bertz CT molecular complexity index is 674. The summed E-state index contributed by atoms with van der Waals surface area (Å²) in [7, 11) is 1.53. The van der Waals surface area contributed by atoms with Crippen LogP contribution in [0.5, 0.6) is 0 Å². The lowest BCUT2D eigenvalue weighted by molar-refractivity contribution is 0.1000. The van der Waals surface area contributed by atoms with Gasteiger partial charge in [0.25, 0.3) is 5.91 Å². The van der Waals surface area contributed by atoms with Crippen molar-refractivity contribution in [3.63, 3.8) is 0 Å². The molecule has 0 fully saturated rings. The van der Waals surface area contributed by atoms with Gasteiger partial charge in [0.2, 0.25) is 0 Å². The van der Waals surface area contributed by atoms with Crippen molar-refractivity contribution < 1.29 is 4.79 Å². The number of benzene rings is 1. The standard InChI is InChI=1S/C13H13N3O2/c1-8-4-3-5-9(6-8)11-10(12(14)17)7-16(2)13(18)15-11/h3-7H,1-2H3,(H2,14,17). The Labute approximate surface area is 104 Å². The van der Waals surface area contributed by atoms with Gasteiger partial charge in [-0.25, -0.2) is 4.79 Å². The summed E-state index contributed by atoms with van der Waals surface area (Å²) in [6.45, 7) is 1.93. The molecule has 2 aromatic rings. The Balaban J connectivity index is 2.74. The van der Waals surface area contributed by atoms with E-state index >= 15 is 0 Å². The van der Waals surface area contributed by atoms with E-state index < -0.39 is 11.6 Å². The molecule has 0 saturated heterocycles. The smallest absolute Gasteiger partial charge is 0.347 e. The Morgan fingerprint density at radius 1 is 1.39 bits per heavy atom. The second-order valence-corrected chi connectivity index (χ2v) is 4.13. The van der Waals surface area contributed by atoms with Gasteiger partial charge in [-0.3, -0.25) is 4.79 Å². The third-order valence-electron chi connectivity index (χ3n) is 2.64. The summed E-state index contributed by atoms with van der Waals surface area (Å²) < 4.78 is 1.24. The SMILES string of the molecule is Cc1cccc(-c2nc(=O)n(C)cc2C(N)=O)c1. The largest absolute Gasteiger partial charge is 0.365 e. The van der Waals surface area contributed by atoms with Gasteiger partial charge in [-0.15, -0.1) is 0 Å². The van der Waals surface area contributed by atoms with Crippen LogP contribution in [0.3, 0.4) is 0 Å². The third-order valence-corrected chi connectivity index (χ3v) is 2.64. The number of nitrogens with zero attached hydrogens (tertiary/aromatic N) is 2. The van der Waals surface area contributed by atoms with Crippen molar-refractivity contribution in [1.82, 2.24) is 9.55 Å². The zero-order valence-corrected chi connectivity index (χ0v) is 10.2. The molecule has 0 unspecified atom stereocenters.